The van der Waals surface area contributed by atoms with Crippen molar-refractivity contribution >= 4 is 72.8 Å². The summed E-state index contributed by atoms with van der Waals surface area (Å²) in [6, 6.07) is 74.6. The van der Waals surface area contributed by atoms with Crippen LogP contribution in [0.25, 0.3) is 34.4 Å². The summed E-state index contributed by atoms with van der Waals surface area (Å²) in [6.07, 6.45) is 4.80. The van der Waals surface area contributed by atoms with Gasteiger partial charge in [-0.3, -0.25) is 0 Å². The second-order valence-electron chi connectivity index (χ2n) is 23.1. The number of hydrogen-bond donors (Lipinski definition) is 0. The lowest BCUT2D eigenvalue weighted by Gasteiger charge is -2.37. The van der Waals surface area contributed by atoms with Crippen LogP contribution in [0.3, 0.4) is 0 Å². The smallest absolute Gasteiger partial charge is 0.0775 e. The van der Waals surface area contributed by atoms with Crippen LogP contribution in [0.5, 0.6) is 0 Å². The molecule has 0 N–H and O–H groups in total. The molecule has 0 aromatic heterocycles. The van der Waals surface area contributed by atoms with Gasteiger partial charge in [0.25, 0.3) is 0 Å². The first kappa shape index (κ1) is 45.9. The highest BCUT2D eigenvalue weighted by molar-refractivity contribution is 6.89. The fourth-order valence-electron chi connectivity index (χ4n) is 12.4. The standard InChI is InChI=1S/C68H64N2Si2/c1-45-19-11-17-25-65(45)69(49-31-36-53(37-32-49)71(5,6)7)51-30-29-47-27-28-48-41-63-58(44-62(48)68(61(47)42-51)59-23-15-13-21-55(59)56-22-14-16-24-60(56)68)57-40-35-52(43-64(57)67(63,3)4)70(66-26-18-12-20-46(66)2)50-33-38-54(39-34-50)72(8,9)10/h11-44H,1-10H3. The molecule has 3 aliphatic rings. The van der Waals surface area contributed by atoms with Crippen LogP contribution in [0.1, 0.15) is 69.5 Å². The number of nitrogens with zero attached hydrogens (tertiary/aromatic N) is 2. The highest BCUT2D eigenvalue weighted by Crippen LogP contribution is 2.61. The Hall–Kier alpha value is -7.25. The number of para-hydroxylation sites is 2. The zero-order chi connectivity index (χ0) is 49.9. The summed E-state index contributed by atoms with van der Waals surface area (Å²) >= 11 is 0. The molecule has 9 aromatic rings. The SMILES string of the molecule is Cc1ccccc1N(c1ccc([Si](C)(C)C)cc1)c1ccc2c(c1)C(C)(C)c1cc3c(cc1-2)C1(c2cc(N(c4ccc([Si](C)(C)C)cc4)c4ccccc4C)ccc2C=C3)c2ccccc2-c2ccccc21. The maximum absolute atomic E-state index is 2.60. The fourth-order valence-corrected chi connectivity index (χ4v) is 14.7. The molecule has 354 valence electrons. The van der Waals surface area contributed by atoms with Gasteiger partial charge in [0.15, 0.2) is 0 Å². The molecule has 0 unspecified atom stereocenters. The molecule has 0 fully saturated rings. The number of hydrogen-bond acceptors (Lipinski definition) is 2. The van der Waals surface area contributed by atoms with E-state index in [9.17, 15) is 0 Å². The van der Waals surface area contributed by atoms with Gasteiger partial charge in [0.2, 0.25) is 0 Å². The molecule has 9 aromatic carbocycles. The van der Waals surface area contributed by atoms with Gasteiger partial charge >= 0.3 is 0 Å². The van der Waals surface area contributed by atoms with Crippen molar-refractivity contribution < 1.29 is 0 Å². The van der Waals surface area contributed by atoms with Crippen molar-refractivity contribution in [2.24, 2.45) is 0 Å². The second kappa shape index (κ2) is 16.7. The molecular weight excluding hydrogens is 901 g/mol. The number of aryl methyl sites for hydroxylation is 2. The van der Waals surface area contributed by atoms with Crippen LogP contribution in [0.2, 0.25) is 39.3 Å². The molecular formula is C68H64N2Si2. The highest BCUT2D eigenvalue weighted by atomic mass is 28.3. The zero-order valence-electron chi connectivity index (χ0n) is 43.5. The maximum atomic E-state index is 2.60. The van der Waals surface area contributed by atoms with E-state index in [0.29, 0.717) is 0 Å². The average Bonchev–Trinajstić information content (AvgIpc) is 3.72. The van der Waals surface area contributed by atoms with Crippen molar-refractivity contribution in [1.82, 2.24) is 0 Å². The van der Waals surface area contributed by atoms with Gasteiger partial charge < -0.3 is 9.80 Å². The van der Waals surface area contributed by atoms with Crippen LogP contribution in [0.4, 0.5) is 34.1 Å². The van der Waals surface area contributed by atoms with E-state index in [4.69, 9.17) is 0 Å². The van der Waals surface area contributed by atoms with E-state index in [1.165, 1.54) is 111 Å². The molecule has 2 nitrogen and oxygen atoms in total. The Bertz CT molecular complexity index is 3610. The molecule has 12 rings (SSSR count). The molecule has 0 amide bonds. The van der Waals surface area contributed by atoms with Crippen LogP contribution in [-0.4, -0.2) is 16.1 Å². The second-order valence-corrected chi connectivity index (χ2v) is 33.3. The van der Waals surface area contributed by atoms with Crippen molar-refractivity contribution in [1.29, 1.82) is 0 Å². The Labute approximate surface area is 430 Å². The zero-order valence-corrected chi connectivity index (χ0v) is 45.5. The lowest BCUT2D eigenvalue weighted by Crippen LogP contribution is -2.37. The van der Waals surface area contributed by atoms with Crippen molar-refractivity contribution in [2.75, 3.05) is 9.80 Å². The Balaban J connectivity index is 1.08. The molecule has 72 heavy (non-hydrogen) atoms. The minimum Gasteiger partial charge on any atom is -0.310 e. The number of rotatable bonds is 8. The molecule has 4 heteroatoms. The average molecular weight is 965 g/mol. The summed E-state index contributed by atoms with van der Waals surface area (Å²) < 4.78 is 0. The van der Waals surface area contributed by atoms with Gasteiger partial charge in [-0.25, -0.2) is 0 Å². The monoisotopic (exact) mass is 964 g/mol. The molecule has 0 atom stereocenters. The third-order valence-electron chi connectivity index (χ3n) is 16.3. The Morgan fingerprint density at radius 2 is 0.736 bits per heavy atom. The first-order chi connectivity index (χ1) is 34.5. The Morgan fingerprint density at radius 3 is 1.25 bits per heavy atom. The predicted molar refractivity (Wildman–Crippen MR) is 315 cm³/mol. The lowest BCUT2D eigenvalue weighted by molar-refractivity contribution is 0.659. The van der Waals surface area contributed by atoms with E-state index in [2.05, 4.69) is 283 Å². The molecule has 0 bridgehead atoms. The largest absolute Gasteiger partial charge is 0.310 e. The van der Waals surface area contributed by atoms with Gasteiger partial charge in [-0.05, 0) is 165 Å². The predicted octanol–water partition coefficient (Wildman–Crippen LogP) is 17.5. The topological polar surface area (TPSA) is 6.48 Å². The molecule has 0 saturated heterocycles. The van der Waals surface area contributed by atoms with Gasteiger partial charge in [0.1, 0.15) is 0 Å². The third-order valence-corrected chi connectivity index (χ3v) is 20.4. The molecule has 0 heterocycles. The molecule has 0 saturated carbocycles. The van der Waals surface area contributed by atoms with Gasteiger partial charge in [0, 0.05) is 39.5 Å². The molecule has 0 radical (unpaired) electrons. The van der Waals surface area contributed by atoms with Crippen LogP contribution < -0.4 is 20.2 Å². The van der Waals surface area contributed by atoms with Gasteiger partial charge in [-0.15, -0.1) is 0 Å². The van der Waals surface area contributed by atoms with E-state index >= 15 is 0 Å². The lowest BCUT2D eigenvalue weighted by atomic mass is 9.65. The number of anilines is 6. The van der Waals surface area contributed by atoms with E-state index in [-0.39, 0.29) is 5.41 Å². The molecule has 0 aliphatic heterocycles. The first-order valence-electron chi connectivity index (χ1n) is 25.8. The van der Waals surface area contributed by atoms with E-state index in [1.54, 1.807) is 0 Å². The summed E-state index contributed by atoms with van der Waals surface area (Å²) in [5.74, 6) is 0. The van der Waals surface area contributed by atoms with Crippen LogP contribution in [0, 0.1) is 13.8 Å². The van der Waals surface area contributed by atoms with Gasteiger partial charge in [-0.1, -0.05) is 197 Å². The number of fused-ring (bicyclic) bond motifs is 12. The maximum Gasteiger partial charge on any atom is 0.0775 e. The fraction of sp³-hybridized carbons (Fsp3) is 0.176. The first-order valence-corrected chi connectivity index (χ1v) is 32.8. The number of benzene rings is 9. The van der Waals surface area contributed by atoms with Gasteiger partial charge in [0.05, 0.1) is 21.6 Å². The Kier molecular flexibility index (Phi) is 10.6. The van der Waals surface area contributed by atoms with E-state index in [1.807, 2.05) is 0 Å². The summed E-state index contributed by atoms with van der Waals surface area (Å²) in [4.78, 5) is 4.96. The van der Waals surface area contributed by atoms with Crippen molar-refractivity contribution in [2.45, 2.75) is 77.8 Å². The van der Waals surface area contributed by atoms with Crippen molar-refractivity contribution in [3.05, 3.63) is 250 Å². The quantitative estimate of drug-likeness (QED) is 0.140. The summed E-state index contributed by atoms with van der Waals surface area (Å²) in [5.41, 5.74) is 24.4. The van der Waals surface area contributed by atoms with Crippen LogP contribution in [-0.2, 0) is 10.8 Å². The Morgan fingerprint density at radius 1 is 0.333 bits per heavy atom. The summed E-state index contributed by atoms with van der Waals surface area (Å²) in [7, 11) is -3.01. The molecule has 3 aliphatic carbocycles. The van der Waals surface area contributed by atoms with E-state index < -0.39 is 21.6 Å². The molecule has 1 spiro atoms. The highest BCUT2D eigenvalue weighted by Gasteiger charge is 2.50. The van der Waals surface area contributed by atoms with Gasteiger partial charge in [-0.2, -0.15) is 0 Å². The normalized spacial score (nSPS) is 14.4. The van der Waals surface area contributed by atoms with Crippen molar-refractivity contribution in [3.63, 3.8) is 0 Å². The minimum absolute atomic E-state index is 0.257. The summed E-state index contributed by atoms with van der Waals surface area (Å²) in [6.45, 7) is 23.9. The minimum atomic E-state index is -1.52. The summed E-state index contributed by atoms with van der Waals surface area (Å²) in [5, 5.41) is 2.93. The van der Waals surface area contributed by atoms with Crippen LogP contribution >= 0.6 is 0 Å². The van der Waals surface area contributed by atoms with Crippen LogP contribution in [0.15, 0.2) is 194 Å². The third kappa shape index (κ3) is 7.09. The van der Waals surface area contributed by atoms with Crippen molar-refractivity contribution in [3.8, 4) is 22.3 Å². The van der Waals surface area contributed by atoms with E-state index in [0.717, 1.165) is 11.4 Å².